The standard InChI is InChI=1S/C20H22N2O4S/c1-3-6-14-9-10-16(17(11-14)25-2)26-12-20(24)22-15-7-4-5-8-18(15)27-13-19(21)23/h3-5,7-11H,1,6,12-13H2,2H3,(H2,21,23)(H,22,24). The van der Waals surface area contributed by atoms with Crippen LogP contribution in [0.5, 0.6) is 11.5 Å². The van der Waals surface area contributed by atoms with Crippen LogP contribution in [0.1, 0.15) is 5.56 Å². The molecule has 0 saturated heterocycles. The van der Waals surface area contributed by atoms with Crippen molar-refractivity contribution in [2.75, 3.05) is 24.8 Å². The Morgan fingerprint density at radius 3 is 2.70 bits per heavy atom. The van der Waals surface area contributed by atoms with Gasteiger partial charge in [0.15, 0.2) is 18.1 Å². The molecule has 2 rings (SSSR count). The summed E-state index contributed by atoms with van der Waals surface area (Å²) in [5.41, 5.74) is 6.82. The number of nitrogens with one attached hydrogen (secondary N) is 1. The van der Waals surface area contributed by atoms with Crippen molar-refractivity contribution in [2.45, 2.75) is 11.3 Å². The first-order chi connectivity index (χ1) is 13.0. The summed E-state index contributed by atoms with van der Waals surface area (Å²) in [5, 5.41) is 2.78. The number of carbonyl (C=O) groups excluding carboxylic acids is 2. The smallest absolute Gasteiger partial charge is 0.262 e. The Morgan fingerprint density at radius 2 is 2.00 bits per heavy atom. The molecule has 7 heteroatoms. The third kappa shape index (κ3) is 6.38. The van der Waals surface area contributed by atoms with E-state index in [4.69, 9.17) is 15.2 Å². The number of thioether (sulfide) groups is 1. The van der Waals surface area contributed by atoms with Crippen LogP contribution in [-0.2, 0) is 16.0 Å². The molecule has 2 aromatic rings. The van der Waals surface area contributed by atoms with E-state index in [1.807, 2.05) is 24.3 Å². The van der Waals surface area contributed by atoms with Gasteiger partial charge in [0.05, 0.1) is 18.6 Å². The molecular weight excluding hydrogens is 364 g/mol. The Balaban J connectivity index is 1.99. The molecule has 0 aromatic heterocycles. The molecule has 0 atom stereocenters. The average Bonchev–Trinajstić information content (AvgIpc) is 2.66. The van der Waals surface area contributed by atoms with Crippen molar-refractivity contribution < 1.29 is 19.1 Å². The number of amides is 2. The van der Waals surface area contributed by atoms with Gasteiger partial charge in [0, 0.05) is 4.90 Å². The monoisotopic (exact) mass is 386 g/mol. The summed E-state index contributed by atoms with van der Waals surface area (Å²) in [5.74, 6) is 0.435. The van der Waals surface area contributed by atoms with Crippen LogP contribution in [0.25, 0.3) is 0 Å². The van der Waals surface area contributed by atoms with Gasteiger partial charge in [0.25, 0.3) is 5.91 Å². The zero-order valence-corrected chi connectivity index (χ0v) is 15.9. The van der Waals surface area contributed by atoms with Crippen LogP contribution in [0, 0.1) is 0 Å². The van der Waals surface area contributed by atoms with E-state index in [0.29, 0.717) is 17.2 Å². The number of para-hydroxylation sites is 1. The first-order valence-corrected chi connectivity index (χ1v) is 9.22. The van der Waals surface area contributed by atoms with Gasteiger partial charge >= 0.3 is 0 Å². The molecule has 0 heterocycles. The maximum absolute atomic E-state index is 12.3. The van der Waals surface area contributed by atoms with Crippen molar-refractivity contribution in [2.24, 2.45) is 5.73 Å². The highest BCUT2D eigenvalue weighted by molar-refractivity contribution is 8.00. The minimum Gasteiger partial charge on any atom is -0.493 e. The molecule has 0 spiro atoms. The molecule has 142 valence electrons. The normalized spacial score (nSPS) is 10.1. The van der Waals surface area contributed by atoms with Crippen LogP contribution in [0.4, 0.5) is 5.69 Å². The summed E-state index contributed by atoms with van der Waals surface area (Å²) in [6.07, 6.45) is 2.52. The van der Waals surface area contributed by atoms with Crippen molar-refractivity contribution in [3.8, 4) is 11.5 Å². The number of benzene rings is 2. The zero-order valence-electron chi connectivity index (χ0n) is 15.1. The minimum absolute atomic E-state index is 0.137. The predicted molar refractivity (Wildman–Crippen MR) is 107 cm³/mol. The molecule has 0 bridgehead atoms. The lowest BCUT2D eigenvalue weighted by molar-refractivity contribution is -0.118. The fourth-order valence-corrected chi connectivity index (χ4v) is 3.05. The number of methoxy groups -OCH3 is 1. The number of primary amides is 1. The van der Waals surface area contributed by atoms with Crippen molar-refractivity contribution in [1.29, 1.82) is 0 Å². The lowest BCUT2D eigenvalue weighted by atomic mass is 10.1. The lowest BCUT2D eigenvalue weighted by Crippen LogP contribution is -2.21. The number of hydrogen-bond donors (Lipinski definition) is 2. The largest absolute Gasteiger partial charge is 0.493 e. The number of anilines is 1. The van der Waals surface area contributed by atoms with E-state index in [0.717, 1.165) is 16.9 Å². The molecule has 27 heavy (non-hydrogen) atoms. The van der Waals surface area contributed by atoms with Crippen molar-refractivity contribution >= 4 is 29.3 Å². The van der Waals surface area contributed by atoms with Gasteiger partial charge in [-0.05, 0) is 36.2 Å². The van der Waals surface area contributed by atoms with Crippen LogP contribution < -0.4 is 20.5 Å². The van der Waals surface area contributed by atoms with E-state index >= 15 is 0 Å². The molecule has 2 amide bonds. The molecule has 0 saturated carbocycles. The maximum Gasteiger partial charge on any atom is 0.262 e. The summed E-state index contributed by atoms with van der Waals surface area (Å²) in [4.78, 5) is 24.0. The summed E-state index contributed by atoms with van der Waals surface area (Å²) in [7, 11) is 1.55. The van der Waals surface area contributed by atoms with Gasteiger partial charge in [0.2, 0.25) is 5.91 Å². The van der Waals surface area contributed by atoms with Gasteiger partial charge < -0.3 is 20.5 Å². The molecule has 0 aliphatic carbocycles. The van der Waals surface area contributed by atoms with Crippen LogP contribution in [0.3, 0.4) is 0 Å². The van der Waals surface area contributed by atoms with E-state index in [-0.39, 0.29) is 18.3 Å². The van der Waals surface area contributed by atoms with E-state index in [1.54, 1.807) is 31.4 Å². The van der Waals surface area contributed by atoms with E-state index < -0.39 is 5.91 Å². The predicted octanol–water partition coefficient (Wildman–Crippen LogP) is 3.02. The quantitative estimate of drug-likeness (QED) is 0.484. The minimum atomic E-state index is -0.420. The third-order valence-electron chi connectivity index (χ3n) is 3.50. The third-order valence-corrected chi connectivity index (χ3v) is 4.59. The summed E-state index contributed by atoms with van der Waals surface area (Å²) in [6.45, 7) is 3.54. The van der Waals surface area contributed by atoms with Crippen LogP contribution in [0.2, 0.25) is 0 Å². The number of rotatable bonds is 10. The molecule has 0 unspecified atom stereocenters. The second-order valence-electron chi connectivity index (χ2n) is 5.57. The van der Waals surface area contributed by atoms with Crippen LogP contribution >= 0.6 is 11.8 Å². The Hall–Kier alpha value is -2.93. The first kappa shape index (κ1) is 20.4. The van der Waals surface area contributed by atoms with Crippen LogP contribution in [0.15, 0.2) is 60.0 Å². The fraction of sp³-hybridized carbons (Fsp3) is 0.200. The Kier molecular flexibility index (Phi) is 7.76. The second kappa shape index (κ2) is 10.3. The van der Waals surface area contributed by atoms with Gasteiger partial charge in [0.1, 0.15) is 0 Å². The maximum atomic E-state index is 12.3. The van der Waals surface area contributed by atoms with E-state index in [9.17, 15) is 9.59 Å². The van der Waals surface area contributed by atoms with Crippen molar-refractivity contribution in [3.05, 3.63) is 60.7 Å². The SMILES string of the molecule is C=CCc1ccc(OCC(=O)Nc2ccccc2SCC(N)=O)c(OC)c1. The summed E-state index contributed by atoms with van der Waals surface area (Å²) >= 11 is 1.27. The fourth-order valence-electron chi connectivity index (χ4n) is 2.30. The van der Waals surface area contributed by atoms with Crippen molar-refractivity contribution in [3.63, 3.8) is 0 Å². The molecule has 0 aliphatic heterocycles. The molecule has 0 radical (unpaired) electrons. The lowest BCUT2D eigenvalue weighted by Gasteiger charge is -2.13. The molecule has 2 aromatic carbocycles. The van der Waals surface area contributed by atoms with E-state index in [1.165, 1.54) is 11.8 Å². The van der Waals surface area contributed by atoms with Gasteiger partial charge in [-0.2, -0.15) is 0 Å². The first-order valence-electron chi connectivity index (χ1n) is 8.24. The Morgan fingerprint density at radius 1 is 1.22 bits per heavy atom. The van der Waals surface area contributed by atoms with Gasteiger partial charge in [-0.1, -0.05) is 24.3 Å². The van der Waals surface area contributed by atoms with Crippen molar-refractivity contribution in [1.82, 2.24) is 0 Å². The van der Waals surface area contributed by atoms with Crippen LogP contribution in [-0.4, -0.2) is 31.3 Å². The number of carbonyl (C=O) groups is 2. The molecule has 0 fully saturated rings. The highest BCUT2D eigenvalue weighted by Gasteiger charge is 2.11. The molecular formula is C20H22N2O4S. The molecule has 3 N–H and O–H groups in total. The number of ether oxygens (including phenoxy) is 2. The second-order valence-corrected chi connectivity index (χ2v) is 6.58. The number of nitrogens with two attached hydrogens (primary N) is 1. The number of allylic oxidation sites excluding steroid dienone is 1. The van der Waals surface area contributed by atoms with Gasteiger partial charge in [-0.3, -0.25) is 9.59 Å². The Labute approximate surface area is 162 Å². The highest BCUT2D eigenvalue weighted by Crippen LogP contribution is 2.29. The highest BCUT2D eigenvalue weighted by atomic mass is 32.2. The van der Waals surface area contributed by atoms with Gasteiger partial charge in [-0.15, -0.1) is 18.3 Å². The molecule has 6 nitrogen and oxygen atoms in total. The average molecular weight is 386 g/mol. The van der Waals surface area contributed by atoms with E-state index in [2.05, 4.69) is 11.9 Å². The topological polar surface area (TPSA) is 90.6 Å². The van der Waals surface area contributed by atoms with Gasteiger partial charge in [-0.25, -0.2) is 0 Å². The Bertz CT molecular complexity index is 823. The summed E-state index contributed by atoms with van der Waals surface area (Å²) < 4.78 is 10.9. The zero-order chi connectivity index (χ0) is 19.6. The summed E-state index contributed by atoms with van der Waals surface area (Å²) in [6, 6.07) is 12.7. The molecule has 0 aliphatic rings. The number of hydrogen-bond acceptors (Lipinski definition) is 5.